The van der Waals surface area contributed by atoms with Crippen molar-refractivity contribution in [1.82, 2.24) is 30.3 Å². The van der Waals surface area contributed by atoms with Gasteiger partial charge in [-0.15, -0.1) is 15.3 Å². The lowest BCUT2D eigenvalue weighted by molar-refractivity contribution is 0.0321. The van der Waals surface area contributed by atoms with Crippen molar-refractivity contribution in [3.8, 4) is 21.1 Å². The van der Waals surface area contributed by atoms with Crippen LogP contribution in [-0.2, 0) is 4.74 Å². The fourth-order valence-corrected chi connectivity index (χ4v) is 6.32. The molecule has 208 valence electrons. The first-order chi connectivity index (χ1) is 20.2. The molecule has 3 aromatic carbocycles. The largest absolute Gasteiger partial charge is 0.381 e. The van der Waals surface area contributed by atoms with Crippen molar-refractivity contribution in [2.24, 2.45) is 0 Å². The lowest BCUT2D eigenvalue weighted by Crippen LogP contribution is -2.51. The van der Waals surface area contributed by atoms with Crippen LogP contribution in [0, 0.1) is 0 Å². The summed E-state index contributed by atoms with van der Waals surface area (Å²) in [5.74, 6) is -0.518. The van der Waals surface area contributed by atoms with E-state index in [0.717, 1.165) is 78.2 Å². The number of carbonyl (C=O) groups excluding carboxylic acids is 1. The standard InChI is InChI=1S/C30H29N7O3S/c38-30(40-37-27-4-2-1-3-26(27)31-34-37)23-7-5-21(6-8-23)28-32-33-29(41-28)22-9-11-24(12-10-22)35-15-17-36(18-16-35)25-13-19-39-20-14-25/h1-12,25H,13-20H2. The molecule has 0 bridgehead atoms. The van der Waals surface area contributed by atoms with Crippen LogP contribution in [0.25, 0.3) is 32.2 Å². The lowest BCUT2D eigenvalue weighted by Gasteiger charge is -2.41. The van der Waals surface area contributed by atoms with Crippen LogP contribution in [-0.4, -0.2) is 81.7 Å². The number of ether oxygens (including phenoxy) is 1. The van der Waals surface area contributed by atoms with E-state index in [1.54, 1.807) is 18.2 Å². The summed E-state index contributed by atoms with van der Waals surface area (Å²) in [7, 11) is 0. The van der Waals surface area contributed by atoms with Gasteiger partial charge in [0.05, 0.1) is 5.56 Å². The molecule has 10 nitrogen and oxygen atoms in total. The number of benzene rings is 3. The summed E-state index contributed by atoms with van der Waals surface area (Å²) in [6, 6.07) is 23.7. The van der Waals surface area contributed by atoms with Gasteiger partial charge in [0.25, 0.3) is 0 Å². The van der Waals surface area contributed by atoms with Crippen molar-refractivity contribution in [2.75, 3.05) is 44.3 Å². The highest BCUT2D eigenvalue weighted by Gasteiger charge is 2.25. The average molecular weight is 568 g/mol. The molecule has 0 atom stereocenters. The van der Waals surface area contributed by atoms with Crippen molar-refractivity contribution in [1.29, 1.82) is 0 Å². The van der Waals surface area contributed by atoms with E-state index in [1.165, 1.54) is 17.0 Å². The Labute approximate surface area is 241 Å². The van der Waals surface area contributed by atoms with E-state index in [2.05, 4.69) is 54.6 Å². The maximum Gasteiger partial charge on any atom is 0.365 e. The molecule has 7 rings (SSSR count). The third kappa shape index (κ3) is 5.43. The van der Waals surface area contributed by atoms with Crippen LogP contribution in [0.2, 0.25) is 0 Å². The first-order valence-corrected chi connectivity index (χ1v) is 14.7. The van der Waals surface area contributed by atoms with Crippen LogP contribution in [0.4, 0.5) is 5.69 Å². The Morgan fingerprint density at radius 3 is 2.17 bits per heavy atom. The second-order valence-electron chi connectivity index (χ2n) is 10.2. The molecule has 0 N–H and O–H groups in total. The predicted molar refractivity (Wildman–Crippen MR) is 157 cm³/mol. The number of para-hydroxylation sites is 1. The second kappa shape index (κ2) is 11.4. The van der Waals surface area contributed by atoms with Crippen molar-refractivity contribution >= 4 is 34.0 Å². The topological polar surface area (TPSA) is 98.5 Å². The lowest BCUT2D eigenvalue weighted by atomic mass is 10.1. The first kappa shape index (κ1) is 25.8. The van der Waals surface area contributed by atoms with Crippen molar-refractivity contribution in [2.45, 2.75) is 18.9 Å². The molecular formula is C30H29N7O3S. The van der Waals surface area contributed by atoms with Crippen LogP contribution in [0.3, 0.4) is 0 Å². The summed E-state index contributed by atoms with van der Waals surface area (Å²) < 4.78 is 5.53. The molecule has 2 aromatic heterocycles. The highest BCUT2D eigenvalue weighted by molar-refractivity contribution is 7.17. The zero-order valence-corrected chi connectivity index (χ0v) is 23.2. The third-order valence-corrected chi connectivity index (χ3v) is 8.81. The molecule has 41 heavy (non-hydrogen) atoms. The number of anilines is 1. The van der Waals surface area contributed by atoms with E-state index in [9.17, 15) is 4.79 Å². The molecule has 2 aliphatic heterocycles. The van der Waals surface area contributed by atoms with Gasteiger partial charge in [0.2, 0.25) is 0 Å². The van der Waals surface area contributed by atoms with E-state index in [0.29, 0.717) is 22.6 Å². The second-order valence-corrected chi connectivity index (χ2v) is 11.2. The smallest absolute Gasteiger partial charge is 0.365 e. The van der Waals surface area contributed by atoms with Gasteiger partial charge < -0.3 is 14.5 Å². The maximum absolute atomic E-state index is 12.7. The fourth-order valence-electron chi connectivity index (χ4n) is 5.46. The first-order valence-electron chi connectivity index (χ1n) is 13.9. The monoisotopic (exact) mass is 567 g/mol. The Hall–Kier alpha value is -4.19. The quantitative estimate of drug-likeness (QED) is 0.280. The molecule has 0 amide bonds. The van der Waals surface area contributed by atoms with Gasteiger partial charge in [-0.05, 0) is 66.6 Å². The highest BCUT2D eigenvalue weighted by Crippen LogP contribution is 2.31. The van der Waals surface area contributed by atoms with Gasteiger partial charge in [-0.3, -0.25) is 4.90 Å². The van der Waals surface area contributed by atoms with E-state index in [4.69, 9.17) is 9.57 Å². The van der Waals surface area contributed by atoms with Gasteiger partial charge in [-0.25, -0.2) is 4.79 Å². The number of nitrogens with zero attached hydrogens (tertiary/aromatic N) is 7. The van der Waals surface area contributed by atoms with Gasteiger partial charge in [-0.2, -0.15) is 0 Å². The predicted octanol–water partition coefficient (Wildman–Crippen LogP) is 4.19. The molecule has 0 aliphatic carbocycles. The van der Waals surface area contributed by atoms with E-state index < -0.39 is 5.97 Å². The SMILES string of the molecule is O=C(On1nnc2ccccc21)c1ccc(-c2nnc(-c3ccc(N4CCN(C5CCOCC5)CC4)cc3)s2)cc1. The average Bonchev–Trinajstić information content (AvgIpc) is 3.70. The van der Waals surface area contributed by atoms with Gasteiger partial charge in [-0.1, -0.05) is 40.4 Å². The zero-order valence-electron chi connectivity index (χ0n) is 22.4. The third-order valence-electron chi connectivity index (χ3n) is 7.78. The summed E-state index contributed by atoms with van der Waals surface area (Å²) in [5, 5.41) is 18.4. The van der Waals surface area contributed by atoms with E-state index >= 15 is 0 Å². The van der Waals surface area contributed by atoms with Gasteiger partial charge in [0.15, 0.2) is 0 Å². The number of carbonyl (C=O) groups is 1. The Kier molecular flexibility index (Phi) is 7.14. The van der Waals surface area contributed by atoms with E-state index in [1.807, 2.05) is 30.3 Å². The van der Waals surface area contributed by atoms with Crippen LogP contribution in [0.15, 0.2) is 72.8 Å². The number of aromatic nitrogens is 5. The van der Waals surface area contributed by atoms with Crippen molar-refractivity contribution in [3.05, 3.63) is 78.4 Å². The minimum Gasteiger partial charge on any atom is -0.381 e. The Morgan fingerprint density at radius 2 is 1.46 bits per heavy atom. The van der Waals surface area contributed by atoms with Crippen LogP contribution >= 0.6 is 11.3 Å². The normalized spacial score (nSPS) is 16.7. The minimum absolute atomic E-state index is 0.405. The van der Waals surface area contributed by atoms with Crippen molar-refractivity contribution < 1.29 is 14.4 Å². The molecule has 2 aliphatic rings. The van der Waals surface area contributed by atoms with Crippen LogP contribution < -0.4 is 9.74 Å². The molecule has 0 unspecified atom stereocenters. The molecule has 0 saturated carbocycles. The number of fused-ring (bicyclic) bond motifs is 1. The molecule has 11 heteroatoms. The molecule has 0 radical (unpaired) electrons. The minimum atomic E-state index is -0.518. The summed E-state index contributed by atoms with van der Waals surface area (Å²) >= 11 is 1.52. The summed E-state index contributed by atoms with van der Waals surface area (Å²) in [5.41, 5.74) is 4.85. The van der Waals surface area contributed by atoms with Crippen LogP contribution in [0.1, 0.15) is 23.2 Å². The molecule has 0 spiro atoms. The van der Waals surface area contributed by atoms with Crippen molar-refractivity contribution in [3.63, 3.8) is 0 Å². The maximum atomic E-state index is 12.7. The fraction of sp³-hybridized carbons (Fsp3) is 0.300. The molecule has 2 fully saturated rings. The Bertz CT molecular complexity index is 1640. The van der Waals surface area contributed by atoms with Crippen LogP contribution in [0.5, 0.6) is 0 Å². The van der Waals surface area contributed by atoms with Gasteiger partial charge >= 0.3 is 5.97 Å². The molecular weight excluding hydrogens is 538 g/mol. The summed E-state index contributed by atoms with van der Waals surface area (Å²) in [4.78, 5) is 24.3. The van der Waals surface area contributed by atoms with E-state index in [-0.39, 0.29) is 0 Å². The Balaban J connectivity index is 0.976. The Morgan fingerprint density at radius 1 is 0.805 bits per heavy atom. The number of rotatable bonds is 6. The van der Waals surface area contributed by atoms with Gasteiger partial charge in [0, 0.05) is 62.2 Å². The molecule has 2 saturated heterocycles. The summed E-state index contributed by atoms with van der Waals surface area (Å²) in [6.07, 6.45) is 2.30. The molecule has 5 aromatic rings. The number of hydrogen-bond donors (Lipinski definition) is 0. The summed E-state index contributed by atoms with van der Waals surface area (Å²) in [6.45, 7) is 6.06. The number of piperazine rings is 1. The number of hydrogen-bond acceptors (Lipinski definition) is 10. The highest BCUT2D eigenvalue weighted by atomic mass is 32.1. The zero-order chi connectivity index (χ0) is 27.6. The molecule has 4 heterocycles. The van der Waals surface area contributed by atoms with Gasteiger partial charge in [0.1, 0.15) is 21.0 Å².